The molecule has 1 aromatic carbocycles. The fraction of sp³-hybridized carbons (Fsp3) is 0.100. The molecule has 3 N–H and O–H groups in total. The molecule has 0 radical (unpaired) electrons. The second kappa shape index (κ2) is 5.76. The summed E-state index contributed by atoms with van der Waals surface area (Å²) in [6, 6.07) is 7.09. The molecular formula is C10H9ClN4O2S. The molecule has 94 valence electrons. The highest BCUT2D eigenvalue weighted by atomic mass is 35.5. The van der Waals surface area contributed by atoms with Crippen molar-refractivity contribution >= 4 is 29.2 Å². The van der Waals surface area contributed by atoms with Crippen molar-refractivity contribution in [2.45, 2.75) is 0 Å². The van der Waals surface area contributed by atoms with Crippen molar-refractivity contribution in [1.82, 2.24) is 14.2 Å². The number of aromatic nitrogens is 2. The van der Waals surface area contributed by atoms with E-state index in [-0.39, 0.29) is 6.61 Å². The van der Waals surface area contributed by atoms with Gasteiger partial charge in [-0.1, -0.05) is 23.7 Å². The number of rotatable bonds is 4. The third-order valence-electron chi connectivity index (χ3n) is 2.08. The minimum absolute atomic E-state index is 0.206. The highest BCUT2D eigenvalue weighted by Gasteiger charge is 2.13. The number of nitrogens with one attached hydrogen (secondary N) is 1. The second-order valence-corrected chi connectivity index (χ2v) is 4.25. The van der Waals surface area contributed by atoms with Crippen LogP contribution in [0.4, 0.5) is 0 Å². The quantitative estimate of drug-likeness (QED) is 0.501. The smallest absolute Gasteiger partial charge is 0.271 e. The highest BCUT2D eigenvalue weighted by Crippen LogP contribution is 2.28. The standard InChI is InChI=1S/C10H9ClN4O2S/c11-7-3-1-6(2-4-7)9-10(15-18-14-9)17-5-8(16)13-12/h1-4H,5,12H2,(H,13,16). The number of nitrogens with zero attached hydrogens (tertiary/aromatic N) is 2. The maximum atomic E-state index is 11.0. The van der Waals surface area contributed by atoms with Gasteiger partial charge in [-0.05, 0) is 12.1 Å². The Morgan fingerprint density at radius 2 is 2.11 bits per heavy atom. The molecule has 0 saturated heterocycles. The molecule has 18 heavy (non-hydrogen) atoms. The number of carbonyl (C=O) groups excluding carboxylic acids is 1. The summed E-state index contributed by atoms with van der Waals surface area (Å²) in [5.41, 5.74) is 3.35. The van der Waals surface area contributed by atoms with Crippen LogP contribution in [-0.4, -0.2) is 21.3 Å². The van der Waals surface area contributed by atoms with Gasteiger partial charge in [0.05, 0.1) is 11.7 Å². The van der Waals surface area contributed by atoms with Crippen molar-refractivity contribution in [3.63, 3.8) is 0 Å². The van der Waals surface area contributed by atoms with E-state index >= 15 is 0 Å². The van der Waals surface area contributed by atoms with Crippen LogP contribution < -0.4 is 16.0 Å². The summed E-state index contributed by atoms with van der Waals surface area (Å²) < 4.78 is 13.3. The Balaban J connectivity index is 2.17. The van der Waals surface area contributed by atoms with Crippen LogP contribution in [-0.2, 0) is 4.79 Å². The fourth-order valence-corrected chi connectivity index (χ4v) is 1.88. The largest absolute Gasteiger partial charge is 0.465 e. The predicted molar refractivity (Wildman–Crippen MR) is 68.2 cm³/mol. The first-order chi connectivity index (χ1) is 8.70. The Labute approximate surface area is 112 Å². The number of ether oxygens (including phenoxy) is 1. The summed E-state index contributed by atoms with van der Waals surface area (Å²) in [6.45, 7) is -0.206. The van der Waals surface area contributed by atoms with Crippen LogP contribution in [0.2, 0.25) is 5.02 Å². The molecule has 0 fully saturated rings. The van der Waals surface area contributed by atoms with E-state index in [1.54, 1.807) is 24.3 Å². The first-order valence-electron chi connectivity index (χ1n) is 4.91. The molecule has 1 amide bonds. The Hall–Kier alpha value is -1.70. The van der Waals surface area contributed by atoms with Gasteiger partial charge in [0.1, 0.15) is 5.69 Å². The van der Waals surface area contributed by atoms with Crippen LogP contribution >= 0.6 is 23.3 Å². The van der Waals surface area contributed by atoms with E-state index in [1.165, 1.54) is 0 Å². The van der Waals surface area contributed by atoms with E-state index in [9.17, 15) is 4.79 Å². The number of hydrazine groups is 1. The summed E-state index contributed by atoms with van der Waals surface area (Å²) in [6.07, 6.45) is 0. The molecular weight excluding hydrogens is 276 g/mol. The van der Waals surface area contributed by atoms with Gasteiger partial charge in [0.25, 0.3) is 11.8 Å². The first kappa shape index (κ1) is 12.7. The highest BCUT2D eigenvalue weighted by molar-refractivity contribution is 6.99. The lowest BCUT2D eigenvalue weighted by Gasteiger charge is -2.03. The molecule has 0 aliphatic carbocycles. The SMILES string of the molecule is NNC(=O)COc1nsnc1-c1ccc(Cl)cc1. The van der Waals surface area contributed by atoms with Gasteiger partial charge in [0.15, 0.2) is 6.61 Å². The van der Waals surface area contributed by atoms with Crippen molar-refractivity contribution in [2.24, 2.45) is 5.84 Å². The molecule has 0 saturated carbocycles. The lowest BCUT2D eigenvalue weighted by molar-refractivity contribution is -0.123. The average Bonchev–Trinajstić information content (AvgIpc) is 2.85. The zero-order chi connectivity index (χ0) is 13.0. The van der Waals surface area contributed by atoms with E-state index in [1.807, 2.05) is 5.43 Å². The minimum atomic E-state index is -0.440. The number of halogens is 1. The van der Waals surface area contributed by atoms with E-state index in [2.05, 4.69) is 8.75 Å². The molecule has 0 spiro atoms. The molecule has 6 nitrogen and oxygen atoms in total. The Kier molecular flexibility index (Phi) is 4.08. The third kappa shape index (κ3) is 2.95. The minimum Gasteiger partial charge on any atom is -0.465 e. The van der Waals surface area contributed by atoms with Crippen molar-refractivity contribution < 1.29 is 9.53 Å². The second-order valence-electron chi connectivity index (χ2n) is 3.28. The fourth-order valence-electron chi connectivity index (χ4n) is 1.23. The number of benzene rings is 1. The lowest BCUT2D eigenvalue weighted by Crippen LogP contribution is -2.34. The van der Waals surface area contributed by atoms with Crippen LogP contribution in [0.15, 0.2) is 24.3 Å². The van der Waals surface area contributed by atoms with Gasteiger partial charge in [-0.2, -0.15) is 4.37 Å². The Morgan fingerprint density at radius 1 is 1.39 bits per heavy atom. The monoisotopic (exact) mass is 284 g/mol. The first-order valence-corrected chi connectivity index (χ1v) is 6.02. The van der Waals surface area contributed by atoms with Gasteiger partial charge in [-0.3, -0.25) is 10.2 Å². The molecule has 8 heteroatoms. The number of hydrogen-bond acceptors (Lipinski definition) is 6. The molecule has 1 aromatic heterocycles. The van der Waals surface area contributed by atoms with E-state index < -0.39 is 5.91 Å². The molecule has 0 unspecified atom stereocenters. The maximum Gasteiger partial charge on any atom is 0.271 e. The predicted octanol–water partition coefficient (Wildman–Crippen LogP) is 1.23. The molecule has 2 rings (SSSR count). The number of amides is 1. The number of hydrogen-bond donors (Lipinski definition) is 2. The molecule has 2 aromatic rings. The zero-order valence-corrected chi connectivity index (χ0v) is 10.7. The van der Waals surface area contributed by atoms with Crippen molar-refractivity contribution in [1.29, 1.82) is 0 Å². The van der Waals surface area contributed by atoms with E-state index in [0.29, 0.717) is 16.6 Å². The van der Waals surface area contributed by atoms with Gasteiger partial charge < -0.3 is 4.74 Å². The van der Waals surface area contributed by atoms with Gasteiger partial charge >= 0.3 is 0 Å². The Bertz CT molecular complexity index is 543. The topological polar surface area (TPSA) is 90.1 Å². The van der Waals surface area contributed by atoms with Gasteiger partial charge in [0, 0.05) is 10.6 Å². The summed E-state index contributed by atoms with van der Waals surface area (Å²) in [5, 5.41) is 0.631. The van der Waals surface area contributed by atoms with Crippen LogP contribution in [0.5, 0.6) is 5.88 Å². The molecule has 0 bridgehead atoms. The summed E-state index contributed by atoms with van der Waals surface area (Å²) in [5.74, 6) is 4.81. The Morgan fingerprint density at radius 3 is 2.78 bits per heavy atom. The molecule has 0 aliphatic rings. The summed E-state index contributed by atoms with van der Waals surface area (Å²) in [4.78, 5) is 11.0. The van der Waals surface area contributed by atoms with Gasteiger partial charge in [0.2, 0.25) is 0 Å². The number of nitrogens with two attached hydrogens (primary N) is 1. The van der Waals surface area contributed by atoms with Crippen molar-refractivity contribution in [3.05, 3.63) is 29.3 Å². The van der Waals surface area contributed by atoms with Crippen LogP contribution in [0.3, 0.4) is 0 Å². The average molecular weight is 285 g/mol. The zero-order valence-electron chi connectivity index (χ0n) is 9.09. The van der Waals surface area contributed by atoms with Crippen LogP contribution in [0.1, 0.15) is 0 Å². The maximum absolute atomic E-state index is 11.0. The van der Waals surface area contributed by atoms with Crippen LogP contribution in [0, 0.1) is 0 Å². The van der Waals surface area contributed by atoms with Crippen LogP contribution in [0.25, 0.3) is 11.3 Å². The van der Waals surface area contributed by atoms with E-state index in [0.717, 1.165) is 17.3 Å². The van der Waals surface area contributed by atoms with Gasteiger partial charge in [-0.25, -0.2) is 5.84 Å². The van der Waals surface area contributed by atoms with Gasteiger partial charge in [-0.15, -0.1) is 4.37 Å². The van der Waals surface area contributed by atoms with Crippen molar-refractivity contribution in [3.8, 4) is 17.1 Å². The number of carbonyl (C=O) groups is 1. The van der Waals surface area contributed by atoms with Crippen molar-refractivity contribution in [2.75, 3.05) is 6.61 Å². The lowest BCUT2D eigenvalue weighted by atomic mass is 10.2. The summed E-state index contributed by atoms with van der Waals surface area (Å²) in [7, 11) is 0. The molecule has 0 atom stereocenters. The normalized spacial score (nSPS) is 10.1. The molecule has 1 heterocycles. The third-order valence-corrected chi connectivity index (χ3v) is 2.84. The van der Waals surface area contributed by atoms with E-state index in [4.69, 9.17) is 22.2 Å². The summed E-state index contributed by atoms with van der Waals surface area (Å²) >= 11 is 6.81. The molecule has 0 aliphatic heterocycles.